The van der Waals surface area contributed by atoms with Gasteiger partial charge in [0.05, 0.1) is 29.8 Å². The molecule has 2 atom stereocenters. The number of benzene rings is 2. The molecule has 0 amide bonds. The van der Waals surface area contributed by atoms with Crippen molar-refractivity contribution in [3.8, 4) is 11.1 Å². The molecule has 32 heavy (non-hydrogen) atoms. The van der Waals surface area contributed by atoms with Crippen molar-refractivity contribution in [2.75, 3.05) is 0 Å². The molecule has 0 bridgehead atoms. The minimum atomic E-state index is -1.15. The Morgan fingerprint density at radius 3 is 2.38 bits per heavy atom. The topological polar surface area (TPSA) is 90.7 Å². The van der Waals surface area contributed by atoms with Crippen molar-refractivity contribution < 1.29 is 24.5 Å². The third-order valence-electron chi connectivity index (χ3n) is 5.05. The fourth-order valence-electron chi connectivity index (χ4n) is 3.63. The Morgan fingerprint density at radius 2 is 1.75 bits per heavy atom. The molecule has 0 saturated carbocycles. The summed E-state index contributed by atoms with van der Waals surface area (Å²) in [5.41, 5.74) is 4.14. The molecule has 3 rings (SSSR count). The van der Waals surface area contributed by atoms with Gasteiger partial charge in [0.15, 0.2) is 0 Å². The van der Waals surface area contributed by atoms with Crippen LogP contribution < -0.4 is 0 Å². The number of hydrogen-bond acceptors (Lipinski definition) is 4. The Labute approximate surface area is 208 Å². The average molecular weight is 447 g/mol. The predicted octanol–water partition coefficient (Wildman–Crippen LogP) is 4.12. The molecule has 5 nitrogen and oxygen atoms in total. The van der Waals surface area contributed by atoms with E-state index in [1.807, 2.05) is 38.1 Å². The zero-order valence-electron chi connectivity index (χ0n) is 17.5. The molecule has 0 aliphatic heterocycles. The van der Waals surface area contributed by atoms with E-state index < -0.39 is 24.6 Å². The maximum absolute atomic E-state index is 13.6. The Bertz CT molecular complexity index is 1100. The molecule has 0 aliphatic carbocycles. The van der Waals surface area contributed by atoms with Crippen LogP contribution in [0.3, 0.4) is 0 Å². The van der Waals surface area contributed by atoms with Crippen LogP contribution in [0.2, 0.25) is 0 Å². The number of carboxylic acid groups (broad SMARTS) is 1. The maximum atomic E-state index is 13.6. The summed E-state index contributed by atoms with van der Waals surface area (Å²) in [7, 11) is 0. The summed E-state index contributed by atoms with van der Waals surface area (Å²) in [6.07, 6.45) is 0.601. The SMILES string of the molecule is CC(C)c1nc2ccccc2c(-c2ccc(F)cc2)c1/C=C/[C@@H](O)CC(O)CC(=O)O.[NaH]. The van der Waals surface area contributed by atoms with Crippen molar-refractivity contribution in [1.82, 2.24) is 4.98 Å². The van der Waals surface area contributed by atoms with Crippen molar-refractivity contribution >= 4 is 52.5 Å². The van der Waals surface area contributed by atoms with Crippen LogP contribution in [0, 0.1) is 5.82 Å². The summed E-state index contributed by atoms with van der Waals surface area (Å²) in [6, 6.07) is 14.0. The first-order valence-corrected chi connectivity index (χ1v) is 10.2. The van der Waals surface area contributed by atoms with Gasteiger partial charge in [-0.05, 0) is 29.7 Å². The Hall–Kier alpha value is -2.09. The first-order valence-electron chi connectivity index (χ1n) is 10.2. The summed E-state index contributed by atoms with van der Waals surface area (Å²) in [5.74, 6) is -1.37. The molecule has 0 fully saturated rings. The van der Waals surface area contributed by atoms with Crippen molar-refractivity contribution in [1.29, 1.82) is 0 Å². The van der Waals surface area contributed by atoms with Crippen LogP contribution in [0.1, 0.15) is 43.9 Å². The number of nitrogens with zero attached hydrogens (tertiary/aromatic N) is 1. The molecule has 7 heteroatoms. The van der Waals surface area contributed by atoms with Gasteiger partial charge < -0.3 is 15.3 Å². The van der Waals surface area contributed by atoms with Crippen LogP contribution in [0.25, 0.3) is 28.1 Å². The van der Waals surface area contributed by atoms with Gasteiger partial charge in [0.1, 0.15) is 5.82 Å². The number of para-hydroxylation sites is 1. The number of aliphatic carboxylic acids is 1. The first kappa shape index (κ1) is 26.2. The molecule has 0 spiro atoms. The van der Waals surface area contributed by atoms with Gasteiger partial charge in [-0.15, -0.1) is 0 Å². The van der Waals surface area contributed by atoms with E-state index in [4.69, 9.17) is 10.1 Å². The van der Waals surface area contributed by atoms with E-state index in [1.165, 1.54) is 18.2 Å². The van der Waals surface area contributed by atoms with Gasteiger partial charge in [0.2, 0.25) is 0 Å². The van der Waals surface area contributed by atoms with E-state index in [-0.39, 0.29) is 47.7 Å². The second-order valence-electron chi connectivity index (χ2n) is 7.88. The van der Waals surface area contributed by atoms with Crippen LogP contribution >= 0.6 is 0 Å². The Morgan fingerprint density at radius 1 is 1.09 bits per heavy atom. The molecule has 0 aliphatic rings. The molecular weight excluding hydrogens is 420 g/mol. The predicted molar refractivity (Wildman–Crippen MR) is 126 cm³/mol. The summed E-state index contributed by atoms with van der Waals surface area (Å²) in [4.78, 5) is 15.6. The van der Waals surface area contributed by atoms with Gasteiger partial charge in [-0.3, -0.25) is 9.78 Å². The molecule has 0 radical (unpaired) electrons. The number of aliphatic hydroxyl groups is 2. The van der Waals surface area contributed by atoms with E-state index in [1.54, 1.807) is 18.2 Å². The molecular formula is C25H27FNNaO4. The molecule has 1 heterocycles. The van der Waals surface area contributed by atoms with Gasteiger partial charge in [-0.25, -0.2) is 4.39 Å². The number of carboxylic acids is 1. The van der Waals surface area contributed by atoms with E-state index in [0.29, 0.717) is 0 Å². The van der Waals surface area contributed by atoms with E-state index >= 15 is 0 Å². The molecule has 2 aromatic carbocycles. The fourth-order valence-corrected chi connectivity index (χ4v) is 3.63. The number of aliphatic hydroxyl groups excluding tert-OH is 2. The number of carbonyl (C=O) groups is 1. The number of pyridine rings is 1. The molecule has 3 aromatic rings. The Kier molecular flexibility index (Phi) is 9.55. The molecule has 1 aromatic heterocycles. The monoisotopic (exact) mass is 447 g/mol. The second-order valence-corrected chi connectivity index (χ2v) is 7.88. The van der Waals surface area contributed by atoms with E-state index in [0.717, 1.165) is 33.3 Å². The second kappa shape index (κ2) is 11.7. The van der Waals surface area contributed by atoms with Gasteiger partial charge in [-0.1, -0.05) is 56.3 Å². The van der Waals surface area contributed by atoms with Crippen LogP contribution in [-0.2, 0) is 4.79 Å². The van der Waals surface area contributed by atoms with Crippen molar-refractivity contribution in [3.63, 3.8) is 0 Å². The zero-order valence-corrected chi connectivity index (χ0v) is 17.5. The molecule has 0 saturated heterocycles. The average Bonchev–Trinajstić information content (AvgIpc) is 2.71. The molecule has 164 valence electrons. The van der Waals surface area contributed by atoms with Gasteiger partial charge in [0, 0.05) is 22.9 Å². The number of fused-ring (bicyclic) bond motifs is 1. The summed E-state index contributed by atoms with van der Waals surface area (Å²) in [5, 5.41) is 29.8. The van der Waals surface area contributed by atoms with Crippen LogP contribution in [0.15, 0.2) is 54.6 Å². The quantitative estimate of drug-likeness (QED) is 0.452. The summed E-state index contributed by atoms with van der Waals surface area (Å²) >= 11 is 0. The van der Waals surface area contributed by atoms with Crippen molar-refractivity contribution in [2.45, 2.75) is 44.8 Å². The van der Waals surface area contributed by atoms with Gasteiger partial charge in [-0.2, -0.15) is 0 Å². The molecule has 3 N–H and O–H groups in total. The third kappa shape index (κ3) is 6.47. The number of rotatable bonds is 8. The van der Waals surface area contributed by atoms with Crippen LogP contribution in [-0.4, -0.2) is 68.0 Å². The molecule has 1 unspecified atom stereocenters. The third-order valence-corrected chi connectivity index (χ3v) is 5.05. The minimum absolute atomic E-state index is 0. The fraction of sp³-hybridized carbons (Fsp3) is 0.280. The number of aromatic nitrogens is 1. The zero-order chi connectivity index (χ0) is 22.5. The standard InChI is InChI=1S/C25H26FNO4.Na.H/c1-15(2)25-21(12-11-18(28)13-19(29)14-23(30)31)24(16-7-9-17(26)10-8-16)20-5-3-4-6-22(20)27-25;;/h3-12,15,18-19,28-29H,13-14H2,1-2H3,(H,30,31);;/b12-11+;;/t18-,19?;;/m1../s1. The van der Waals surface area contributed by atoms with Crippen molar-refractivity contribution in [3.05, 3.63) is 71.7 Å². The van der Waals surface area contributed by atoms with Gasteiger partial charge >= 0.3 is 35.5 Å². The summed E-state index contributed by atoms with van der Waals surface area (Å²) in [6.45, 7) is 4.05. The summed E-state index contributed by atoms with van der Waals surface area (Å²) < 4.78 is 13.6. The van der Waals surface area contributed by atoms with E-state index in [9.17, 15) is 19.4 Å². The van der Waals surface area contributed by atoms with Crippen molar-refractivity contribution in [2.24, 2.45) is 0 Å². The number of halogens is 1. The van der Waals surface area contributed by atoms with Crippen LogP contribution in [0.4, 0.5) is 4.39 Å². The normalized spacial score (nSPS) is 13.3. The van der Waals surface area contributed by atoms with Gasteiger partial charge in [0.25, 0.3) is 0 Å². The first-order chi connectivity index (χ1) is 14.8. The van der Waals surface area contributed by atoms with Crippen LogP contribution in [0.5, 0.6) is 0 Å². The Balaban J connectivity index is 0.00000363. The van der Waals surface area contributed by atoms with E-state index in [2.05, 4.69) is 0 Å². The number of hydrogen-bond donors (Lipinski definition) is 3.